The fourth-order valence-electron chi connectivity index (χ4n) is 2.47. The summed E-state index contributed by atoms with van der Waals surface area (Å²) in [6, 6.07) is 1.63. The highest BCUT2D eigenvalue weighted by atomic mass is 19.4. The first-order valence-corrected chi connectivity index (χ1v) is 8.11. The van der Waals surface area contributed by atoms with E-state index in [1.165, 1.54) is 7.05 Å². The van der Waals surface area contributed by atoms with Crippen molar-refractivity contribution in [2.45, 2.75) is 38.9 Å². The lowest BCUT2D eigenvalue weighted by Gasteiger charge is -2.12. The molecule has 2 rings (SSSR count). The van der Waals surface area contributed by atoms with Crippen LogP contribution in [0.4, 0.5) is 13.2 Å². The first kappa shape index (κ1) is 19.7. The number of amides is 1. The first-order valence-electron chi connectivity index (χ1n) is 8.11. The van der Waals surface area contributed by atoms with E-state index in [4.69, 9.17) is 0 Å². The van der Waals surface area contributed by atoms with Gasteiger partial charge in [-0.1, -0.05) is 19.8 Å². The van der Waals surface area contributed by atoms with Crippen molar-refractivity contribution >= 4 is 16.9 Å². The van der Waals surface area contributed by atoms with Crippen molar-refractivity contribution in [3.05, 3.63) is 38.7 Å². The number of rotatable bonds is 6. The molecule has 0 spiro atoms. The summed E-state index contributed by atoms with van der Waals surface area (Å²) in [5.74, 6) is -0.514. The molecule has 0 radical (unpaired) electrons. The standard InChI is InChI=1S/C16H19F3N4O3/c1-3-4-5-8-20-12(24)9-23-14(25)10-6-7-11(16(17,18)19)21-13(10)22(2)15(23)26/h6-7H,3-5,8-9H2,1-2H3,(H,20,24). The Balaban J connectivity index is 2.39. The molecule has 2 aromatic rings. The smallest absolute Gasteiger partial charge is 0.355 e. The van der Waals surface area contributed by atoms with E-state index in [1.807, 2.05) is 6.92 Å². The molecule has 26 heavy (non-hydrogen) atoms. The number of fused-ring (bicyclic) bond motifs is 1. The molecular weight excluding hydrogens is 353 g/mol. The first-order chi connectivity index (χ1) is 12.2. The van der Waals surface area contributed by atoms with Gasteiger partial charge >= 0.3 is 11.9 Å². The van der Waals surface area contributed by atoms with Crippen LogP contribution in [0.25, 0.3) is 11.0 Å². The molecule has 0 aliphatic carbocycles. The number of aryl methyl sites for hydroxylation is 1. The molecule has 7 nitrogen and oxygen atoms in total. The van der Waals surface area contributed by atoms with E-state index in [0.717, 1.165) is 29.9 Å². The number of hydrogen-bond acceptors (Lipinski definition) is 4. The van der Waals surface area contributed by atoms with Crippen molar-refractivity contribution < 1.29 is 18.0 Å². The SMILES string of the molecule is CCCCCNC(=O)Cn1c(=O)c2ccc(C(F)(F)F)nc2n(C)c1=O. The highest BCUT2D eigenvalue weighted by Gasteiger charge is 2.33. The molecule has 142 valence electrons. The molecule has 10 heteroatoms. The third kappa shape index (κ3) is 4.12. The third-order valence-corrected chi connectivity index (χ3v) is 3.88. The Bertz CT molecular complexity index is 931. The molecule has 1 amide bonds. The van der Waals surface area contributed by atoms with Gasteiger partial charge in [0.2, 0.25) is 5.91 Å². The summed E-state index contributed by atoms with van der Waals surface area (Å²) in [4.78, 5) is 40.0. The number of aromatic nitrogens is 3. The Morgan fingerprint density at radius 3 is 2.54 bits per heavy atom. The average Bonchev–Trinajstić information content (AvgIpc) is 2.59. The van der Waals surface area contributed by atoms with Crippen LogP contribution in [0.2, 0.25) is 0 Å². The number of halogens is 3. The minimum Gasteiger partial charge on any atom is -0.355 e. The Morgan fingerprint density at radius 2 is 1.92 bits per heavy atom. The van der Waals surface area contributed by atoms with Gasteiger partial charge in [0.1, 0.15) is 17.9 Å². The van der Waals surface area contributed by atoms with E-state index in [1.54, 1.807) is 0 Å². The Labute approximate surface area is 146 Å². The lowest BCUT2D eigenvalue weighted by Crippen LogP contribution is -2.43. The maximum atomic E-state index is 12.8. The summed E-state index contributed by atoms with van der Waals surface area (Å²) in [7, 11) is 1.20. The zero-order chi connectivity index (χ0) is 19.5. The normalized spacial score (nSPS) is 11.7. The van der Waals surface area contributed by atoms with Crippen LogP contribution in [0.15, 0.2) is 21.7 Å². The lowest BCUT2D eigenvalue weighted by atomic mass is 10.2. The Morgan fingerprint density at radius 1 is 1.23 bits per heavy atom. The van der Waals surface area contributed by atoms with Gasteiger partial charge in [-0.2, -0.15) is 13.2 Å². The molecule has 0 aliphatic rings. The van der Waals surface area contributed by atoms with Gasteiger partial charge in [-0.3, -0.25) is 18.7 Å². The van der Waals surface area contributed by atoms with Gasteiger partial charge in [-0.15, -0.1) is 0 Å². The molecule has 0 saturated heterocycles. The minimum atomic E-state index is -4.70. The van der Waals surface area contributed by atoms with Crippen LogP contribution in [0.3, 0.4) is 0 Å². The van der Waals surface area contributed by atoms with Gasteiger partial charge in [0.25, 0.3) is 5.56 Å². The number of alkyl halides is 3. The zero-order valence-electron chi connectivity index (χ0n) is 14.4. The van der Waals surface area contributed by atoms with Crippen LogP contribution in [-0.2, 0) is 24.6 Å². The summed E-state index contributed by atoms with van der Waals surface area (Å²) in [5.41, 5.74) is -3.34. The molecule has 0 saturated carbocycles. The quantitative estimate of drug-likeness (QED) is 0.777. The van der Waals surface area contributed by atoms with Gasteiger partial charge in [0.15, 0.2) is 0 Å². The summed E-state index contributed by atoms with van der Waals surface area (Å²) >= 11 is 0. The summed E-state index contributed by atoms with van der Waals surface area (Å²) in [6.07, 6.45) is -2.01. The molecule has 0 atom stereocenters. The van der Waals surface area contributed by atoms with E-state index in [2.05, 4.69) is 10.3 Å². The van der Waals surface area contributed by atoms with Gasteiger partial charge in [0.05, 0.1) is 5.39 Å². The van der Waals surface area contributed by atoms with Crippen LogP contribution < -0.4 is 16.6 Å². The largest absolute Gasteiger partial charge is 0.433 e. The highest BCUT2D eigenvalue weighted by molar-refractivity contribution is 5.77. The van der Waals surface area contributed by atoms with Crippen LogP contribution >= 0.6 is 0 Å². The Hall–Kier alpha value is -2.65. The second kappa shape index (κ2) is 7.71. The van der Waals surface area contributed by atoms with E-state index in [-0.39, 0.29) is 11.0 Å². The highest BCUT2D eigenvalue weighted by Crippen LogP contribution is 2.28. The molecule has 0 unspecified atom stereocenters. The summed E-state index contributed by atoms with van der Waals surface area (Å²) in [6.45, 7) is 1.93. The molecule has 0 aliphatic heterocycles. The monoisotopic (exact) mass is 372 g/mol. The second-order valence-corrected chi connectivity index (χ2v) is 5.86. The number of unbranched alkanes of at least 4 members (excludes halogenated alkanes) is 2. The molecule has 0 fully saturated rings. The van der Waals surface area contributed by atoms with E-state index in [0.29, 0.717) is 17.2 Å². The number of nitrogens with one attached hydrogen (secondary N) is 1. The number of hydrogen-bond donors (Lipinski definition) is 1. The van der Waals surface area contributed by atoms with E-state index in [9.17, 15) is 27.6 Å². The number of carbonyl (C=O) groups excluding carboxylic acids is 1. The predicted octanol–water partition coefficient (Wildman–Crippen LogP) is 1.42. The van der Waals surface area contributed by atoms with E-state index < -0.39 is 35.6 Å². The number of carbonyl (C=O) groups is 1. The van der Waals surface area contributed by atoms with Gasteiger partial charge in [-0.05, 0) is 18.6 Å². The Kier molecular flexibility index (Phi) is 5.83. The minimum absolute atomic E-state index is 0.168. The second-order valence-electron chi connectivity index (χ2n) is 5.86. The van der Waals surface area contributed by atoms with Crippen molar-refractivity contribution in [3.8, 4) is 0 Å². The average molecular weight is 372 g/mol. The van der Waals surface area contributed by atoms with Crippen molar-refractivity contribution in [2.75, 3.05) is 6.54 Å². The summed E-state index contributed by atoms with van der Waals surface area (Å²) < 4.78 is 39.9. The fourth-order valence-corrected chi connectivity index (χ4v) is 2.47. The van der Waals surface area contributed by atoms with E-state index >= 15 is 0 Å². The van der Waals surface area contributed by atoms with Crippen molar-refractivity contribution in [3.63, 3.8) is 0 Å². The summed E-state index contributed by atoms with van der Waals surface area (Å²) in [5, 5.41) is 2.44. The maximum Gasteiger partial charge on any atom is 0.433 e. The van der Waals surface area contributed by atoms with Crippen LogP contribution in [0, 0.1) is 0 Å². The number of nitrogens with zero attached hydrogens (tertiary/aromatic N) is 3. The molecule has 1 N–H and O–H groups in total. The van der Waals surface area contributed by atoms with Crippen LogP contribution in [0.5, 0.6) is 0 Å². The number of pyridine rings is 1. The van der Waals surface area contributed by atoms with Crippen molar-refractivity contribution in [2.24, 2.45) is 7.05 Å². The van der Waals surface area contributed by atoms with Crippen molar-refractivity contribution in [1.29, 1.82) is 0 Å². The third-order valence-electron chi connectivity index (χ3n) is 3.88. The molecule has 0 aromatic carbocycles. The molecular formula is C16H19F3N4O3. The maximum absolute atomic E-state index is 12.8. The predicted molar refractivity (Wildman–Crippen MR) is 88.8 cm³/mol. The zero-order valence-corrected chi connectivity index (χ0v) is 14.4. The van der Waals surface area contributed by atoms with Crippen LogP contribution in [0.1, 0.15) is 31.9 Å². The molecule has 2 aromatic heterocycles. The fraction of sp³-hybridized carbons (Fsp3) is 0.500. The molecule has 0 bridgehead atoms. The van der Waals surface area contributed by atoms with Gasteiger partial charge in [-0.25, -0.2) is 9.78 Å². The van der Waals surface area contributed by atoms with Crippen molar-refractivity contribution in [1.82, 2.24) is 19.4 Å². The lowest BCUT2D eigenvalue weighted by molar-refractivity contribution is -0.141. The van der Waals surface area contributed by atoms with Gasteiger partial charge in [0, 0.05) is 13.6 Å². The molecule has 2 heterocycles. The topological polar surface area (TPSA) is 86.0 Å². The van der Waals surface area contributed by atoms with Gasteiger partial charge < -0.3 is 5.32 Å². The van der Waals surface area contributed by atoms with Crippen LogP contribution in [-0.4, -0.2) is 26.6 Å².